The quantitative estimate of drug-likeness (QED) is 0.617. The maximum Gasteiger partial charge on any atom is 0.338 e. The first kappa shape index (κ1) is 17.5. The predicted octanol–water partition coefficient (Wildman–Crippen LogP) is 2.33. The number of benzene rings is 2. The zero-order valence-electron chi connectivity index (χ0n) is 14.4. The minimum absolute atomic E-state index is 0.0542. The number of hydrogen-bond donors (Lipinski definition) is 2. The van der Waals surface area contributed by atoms with E-state index in [9.17, 15) is 9.59 Å². The van der Waals surface area contributed by atoms with Gasteiger partial charge in [0, 0.05) is 17.7 Å². The second-order valence-electron chi connectivity index (χ2n) is 6.21. The summed E-state index contributed by atoms with van der Waals surface area (Å²) in [6, 6.07) is 14.6. The highest BCUT2D eigenvalue weighted by atomic mass is 16.5. The first-order valence-corrected chi connectivity index (χ1v) is 8.33. The van der Waals surface area contributed by atoms with Gasteiger partial charge in [-0.1, -0.05) is 35.9 Å². The predicted molar refractivity (Wildman–Crippen MR) is 96.5 cm³/mol. The topological polar surface area (TPSA) is 91.2 Å². The number of carbonyl (C=O) groups excluding carboxylic acids is 2. The van der Waals surface area contributed by atoms with Crippen molar-refractivity contribution in [3.05, 3.63) is 64.7 Å². The van der Waals surface area contributed by atoms with Crippen LogP contribution < -0.4 is 10.6 Å². The van der Waals surface area contributed by atoms with Crippen LogP contribution in [0.25, 0.3) is 0 Å². The van der Waals surface area contributed by atoms with E-state index in [0.717, 1.165) is 16.7 Å². The third-order valence-corrected chi connectivity index (χ3v) is 4.21. The minimum atomic E-state index is -0.569. The van der Waals surface area contributed by atoms with Gasteiger partial charge in [0.05, 0.1) is 11.6 Å². The Morgan fingerprint density at radius 2 is 2.15 bits per heavy atom. The van der Waals surface area contributed by atoms with Gasteiger partial charge in [0.15, 0.2) is 0 Å². The number of nitrogens with zero attached hydrogens (tertiary/aromatic N) is 1. The Bertz CT molecular complexity index is 886. The standard InChI is InChI=1S/C20H19N3O3/c1-13-3-2-4-14(9-13)10-18(19(24)22-8-7-21)23-16-6-5-15-12-26-20(25)17(15)11-16/h2-6,9,11,18,23H,8,10,12H2,1H3,(H,22,24). The number of hydrogen-bond acceptors (Lipinski definition) is 5. The lowest BCUT2D eigenvalue weighted by atomic mass is 10.0. The molecular formula is C20H19N3O3. The third-order valence-electron chi connectivity index (χ3n) is 4.21. The molecule has 1 atom stereocenters. The molecule has 0 bridgehead atoms. The lowest BCUT2D eigenvalue weighted by molar-refractivity contribution is -0.121. The molecule has 1 aliphatic heterocycles. The van der Waals surface area contributed by atoms with Crippen molar-refractivity contribution in [1.82, 2.24) is 5.32 Å². The molecule has 0 saturated carbocycles. The highest BCUT2D eigenvalue weighted by molar-refractivity contribution is 5.94. The van der Waals surface area contributed by atoms with Crippen molar-refractivity contribution in [3.8, 4) is 6.07 Å². The van der Waals surface area contributed by atoms with E-state index in [0.29, 0.717) is 17.7 Å². The van der Waals surface area contributed by atoms with Gasteiger partial charge in [-0.15, -0.1) is 0 Å². The number of anilines is 1. The molecule has 26 heavy (non-hydrogen) atoms. The maximum absolute atomic E-state index is 12.5. The Kier molecular flexibility index (Phi) is 5.18. The van der Waals surface area contributed by atoms with E-state index in [4.69, 9.17) is 10.00 Å². The number of rotatable bonds is 6. The number of amides is 1. The van der Waals surface area contributed by atoms with Gasteiger partial charge in [0.25, 0.3) is 0 Å². The summed E-state index contributed by atoms with van der Waals surface area (Å²) in [6.07, 6.45) is 0.459. The highest BCUT2D eigenvalue weighted by Gasteiger charge is 2.23. The number of nitrogens with one attached hydrogen (secondary N) is 2. The van der Waals surface area contributed by atoms with Crippen LogP contribution in [0.5, 0.6) is 0 Å². The zero-order valence-corrected chi connectivity index (χ0v) is 14.4. The van der Waals surface area contributed by atoms with Crippen LogP contribution in [0, 0.1) is 18.3 Å². The second kappa shape index (κ2) is 7.70. The molecule has 6 heteroatoms. The fourth-order valence-corrected chi connectivity index (χ4v) is 2.94. The largest absolute Gasteiger partial charge is 0.457 e. The SMILES string of the molecule is Cc1cccc(CC(Nc2ccc3c(c2)C(=O)OC3)C(=O)NCC#N)c1. The Morgan fingerprint density at radius 3 is 2.92 bits per heavy atom. The Morgan fingerprint density at radius 1 is 1.31 bits per heavy atom. The number of cyclic esters (lactones) is 1. The molecule has 0 aromatic heterocycles. The number of carbonyl (C=O) groups is 2. The third kappa shape index (κ3) is 4.01. The monoisotopic (exact) mass is 349 g/mol. The summed E-state index contributed by atoms with van der Waals surface area (Å²) in [5.74, 6) is -0.621. The number of nitriles is 1. The van der Waals surface area contributed by atoms with Crippen molar-refractivity contribution in [2.24, 2.45) is 0 Å². The Labute approximate surface area is 151 Å². The molecule has 0 aliphatic carbocycles. The summed E-state index contributed by atoms with van der Waals surface area (Å²) in [4.78, 5) is 24.2. The van der Waals surface area contributed by atoms with Crippen LogP contribution in [0.15, 0.2) is 42.5 Å². The molecule has 6 nitrogen and oxygen atoms in total. The van der Waals surface area contributed by atoms with Crippen LogP contribution >= 0.6 is 0 Å². The van der Waals surface area contributed by atoms with Crippen molar-refractivity contribution < 1.29 is 14.3 Å². The summed E-state index contributed by atoms with van der Waals surface area (Å²) in [5.41, 5.74) is 4.13. The van der Waals surface area contributed by atoms with Gasteiger partial charge in [0.2, 0.25) is 5.91 Å². The highest BCUT2D eigenvalue weighted by Crippen LogP contribution is 2.24. The van der Waals surface area contributed by atoms with Crippen LogP contribution in [-0.4, -0.2) is 24.5 Å². The van der Waals surface area contributed by atoms with E-state index >= 15 is 0 Å². The van der Waals surface area contributed by atoms with Gasteiger partial charge in [-0.25, -0.2) is 4.79 Å². The van der Waals surface area contributed by atoms with Crippen LogP contribution in [-0.2, 0) is 22.6 Å². The van der Waals surface area contributed by atoms with Gasteiger partial charge in [-0.2, -0.15) is 5.26 Å². The second-order valence-corrected chi connectivity index (χ2v) is 6.21. The number of ether oxygens (including phenoxy) is 1. The lowest BCUT2D eigenvalue weighted by Crippen LogP contribution is -2.41. The fourth-order valence-electron chi connectivity index (χ4n) is 2.94. The van der Waals surface area contributed by atoms with Crippen molar-refractivity contribution >= 4 is 17.6 Å². The molecule has 1 heterocycles. The first-order valence-electron chi connectivity index (χ1n) is 8.33. The van der Waals surface area contributed by atoms with E-state index in [1.807, 2.05) is 49.4 Å². The molecule has 1 unspecified atom stereocenters. The summed E-state index contributed by atoms with van der Waals surface area (Å²) >= 11 is 0. The van der Waals surface area contributed by atoms with Crippen molar-refractivity contribution in [3.63, 3.8) is 0 Å². The molecule has 2 aromatic rings. The molecular weight excluding hydrogens is 330 g/mol. The van der Waals surface area contributed by atoms with Crippen LogP contribution in [0.4, 0.5) is 5.69 Å². The lowest BCUT2D eigenvalue weighted by Gasteiger charge is -2.19. The summed E-state index contributed by atoms with van der Waals surface area (Å²) in [6.45, 7) is 2.22. The van der Waals surface area contributed by atoms with Crippen LogP contribution in [0.2, 0.25) is 0 Å². The van der Waals surface area contributed by atoms with E-state index in [-0.39, 0.29) is 25.0 Å². The van der Waals surface area contributed by atoms with Crippen LogP contribution in [0.3, 0.4) is 0 Å². The van der Waals surface area contributed by atoms with Crippen molar-refractivity contribution in [2.75, 3.05) is 11.9 Å². The first-order chi connectivity index (χ1) is 12.6. The summed E-state index contributed by atoms with van der Waals surface area (Å²) < 4.78 is 5.01. The number of aryl methyl sites for hydroxylation is 1. The molecule has 2 aromatic carbocycles. The van der Waals surface area contributed by atoms with E-state index in [2.05, 4.69) is 10.6 Å². The average molecular weight is 349 g/mol. The fraction of sp³-hybridized carbons (Fsp3) is 0.250. The molecule has 0 fully saturated rings. The molecule has 2 N–H and O–H groups in total. The molecule has 0 saturated heterocycles. The zero-order chi connectivity index (χ0) is 18.5. The summed E-state index contributed by atoms with van der Waals surface area (Å²) in [7, 11) is 0. The van der Waals surface area contributed by atoms with E-state index in [1.54, 1.807) is 6.07 Å². The van der Waals surface area contributed by atoms with E-state index in [1.165, 1.54) is 0 Å². The molecule has 3 rings (SSSR count). The van der Waals surface area contributed by atoms with Crippen molar-refractivity contribution in [1.29, 1.82) is 5.26 Å². The molecule has 0 radical (unpaired) electrons. The van der Waals surface area contributed by atoms with Gasteiger partial charge in [0.1, 0.15) is 19.2 Å². The molecule has 1 amide bonds. The molecule has 1 aliphatic rings. The minimum Gasteiger partial charge on any atom is -0.457 e. The van der Waals surface area contributed by atoms with Crippen LogP contribution in [0.1, 0.15) is 27.0 Å². The maximum atomic E-state index is 12.5. The van der Waals surface area contributed by atoms with Gasteiger partial charge in [-0.05, 0) is 24.6 Å². The van der Waals surface area contributed by atoms with Crippen molar-refractivity contribution in [2.45, 2.75) is 26.0 Å². The van der Waals surface area contributed by atoms with Gasteiger partial charge in [-0.3, -0.25) is 4.79 Å². The summed E-state index contributed by atoms with van der Waals surface area (Å²) in [5, 5.41) is 14.5. The number of esters is 1. The Balaban J connectivity index is 1.81. The van der Waals surface area contributed by atoms with Gasteiger partial charge >= 0.3 is 5.97 Å². The smallest absolute Gasteiger partial charge is 0.338 e. The normalized spacial score (nSPS) is 13.3. The average Bonchev–Trinajstić information content (AvgIpc) is 3.00. The number of fused-ring (bicyclic) bond motifs is 1. The molecule has 0 spiro atoms. The van der Waals surface area contributed by atoms with Gasteiger partial charge < -0.3 is 15.4 Å². The van der Waals surface area contributed by atoms with E-state index < -0.39 is 6.04 Å². The molecule has 132 valence electrons. The Hall–Kier alpha value is -3.33.